The Morgan fingerprint density at radius 1 is 1.56 bits per heavy atom. The Morgan fingerprint density at radius 3 is 2.78 bits per heavy atom. The number of amides is 1. The molecular weight excluding hydrogens is 250 g/mol. The zero-order valence-corrected chi connectivity index (χ0v) is 10.9. The molecule has 3 N–H and O–H groups in total. The molecule has 0 bridgehead atoms. The largest absolute Gasteiger partial charge is 0.497 e. The average molecular weight is 263 g/mol. The summed E-state index contributed by atoms with van der Waals surface area (Å²) in [4.78, 5) is 11.1. The first kappa shape index (κ1) is 13.9. The quantitative estimate of drug-likeness (QED) is 0.623. The van der Waals surface area contributed by atoms with Crippen LogP contribution in [-0.2, 0) is 4.79 Å². The van der Waals surface area contributed by atoms with Crippen molar-refractivity contribution in [2.75, 3.05) is 18.7 Å². The zero-order valence-electron chi connectivity index (χ0n) is 10.1. The molecule has 94 valence electrons. The molecule has 1 rings (SSSR count). The SMILES string of the molecule is COc1cccc(NC(SC)=C(C#N)C(N)=O)c1. The molecule has 0 fully saturated rings. The molecule has 0 saturated carbocycles. The lowest BCUT2D eigenvalue weighted by atomic mass is 10.2. The second kappa shape index (κ2) is 6.57. The minimum Gasteiger partial charge on any atom is -0.497 e. The van der Waals surface area contributed by atoms with Crippen molar-refractivity contribution in [2.24, 2.45) is 5.73 Å². The molecule has 0 atom stereocenters. The fourth-order valence-electron chi connectivity index (χ4n) is 1.27. The number of benzene rings is 1. The second-order valence-electron chi connectivity index (χ2n) is 3.24. The molecule has 0 aromatic heterocycles. The molecule has 1 aromatic rings. The predicted octanol–water partition coefficient (Wildman–Crippen LogP) is 1.69. The third-order valence-corrected chi connectivity index (χ3v) is 2.83. The highest BCUT2D eigenvalue weighted by Crippen LogP contribution is 2.23. The molecule has 0 unspecified atom stereocenters. The van der Waals surface area contributed by atoms with Crippen molar-refractivity contribution in [1.29, 1.82) is 5.26 Å². The van der Waals surface area contributed by atoms with E-state index in [1.807, 2.05) is 0 Å². The monoisotopic (exact) mass is 263 g/mol. The van der Waals surface area contributed by atoms with Gasteiger partial charge in [-0.2, -0.15) is 5.26 Å². The number of anilines is 1. The van der Waals surface area contributed by atoms with Crippen LogP contribution in [-0.4, -0.2) is 19.3 Å². The lowest BCUT2D eigenvalue weighted by Crippen LogP contribution is -2.16. The van der Waals surface area contributed by atoms with Crippen LogP contribution in [0.2, 0.25) is 0 Å². The minimum atomic E-state index is -0.753. The molecular formula is C12H13N3O2S. The van der Waals surface area contributed by atoms with Crippen LogP contribution in [0.3, 0.4) is 0 Å². The number of hydrogen-bond donors (Lipinski definition) is 2. The van der Waals surface area contributed by atoms with E-state index in [1.54, 1.807) is 43.7 Å². The van der Waals surface area contributed by atoms with Gasteiger partial charge in [-0.1, -0.05) is 6.07 Å². The lowest BCUT2D eigenvalue weighted by Gasteiger charge is -2.10. The normalized spacial score (nSPS) is 11.2. The Morgan fingerprint density at radius 2 is 2.28 bits per heavy atom. The van der Waals surface area contributed by atoms with Gasteiger partial charge in [0, 0.05) is 11.8 Å². The summed E-state index contributed by atoms with van der Waals surface area (Å²) in [5, 5.41) is 12.3. The summed E-state index contributed by atoms with van der Waals surface area (Å²) < 4.78 is 5.08. The van der Waals surface area contributed by atoms with E-state index in [-0.39, 0.29) is 5.57 Å². The molecule has 0 radical (unpaired) electrons. The number of nitrogens with two attached hydrogens (primary N) is 1. The molecule has 6 heteroatoms. The highest BCUT2D eigenvalue weighted by Gasteiger charge is 2.12. The molecule has 1 amide bonds. The first-order chi connectivity index (χ1) is 8.62. The first-order valence-corrected chi connectivity index (χ1v) is 6.24. The van der Waals surface area contributed by atoms with Crippen molar-refractivity contribution >= 4 is 23.4 Å². The van der Waals surface area contributed by atoms with Crippen LogP contribution in [0.5, 0.6) is 5.75 Å². The van der Waals surface area contributed by atoms with Crippen molar-refractivity contribution in [3.63, 3.8) is 0 Å². The van der Waals surface area contributed by atoms with Gasteiger partial charge < -0.3 is 15.8 Å². The first-order valence-electron chi connectivity index (χ1n) is 5.01. The highest BCUT2D eigenvalue weighted by atomic mass is 32.2. The van der Waals surface area contributed by atoms with Gasteiger partial charge in [0.25, 0.3) is 5.91 Å². The van der Waals surface area contributed by atoms with Crippen LogP contribution in [0.1, 0.15) is 0 Å². The van der Waals surface area contributed by atoms with Crippen molar-refractivity contribution in [2.45, 2.75) is 0 Å². The Balaban J connectivity index is 3.06. The summed E-state index contributed by atoms with van der Waals surface area (Å²) in [5.74, 6) is -0.0738. The van der Waals surface area contributed by atoms with E-state index < -0.39 is 5.91 Å². The lowest BCUT2D eigenvalue weighted by molar-refractivity contribution is -0.114. The number of carbonyl (C=O) groups is 1. The molecule has 0 saturated heterocycles. The maximum atomic E-state index is 11.1. The van der Waals surface area contributed by atoms with Crippen LogP contribution < -0.4 is 15.8 Å². The van der Waals surface area contributed by atoms with Gasteiger partial charge >= 0.3 is 0 Å². The van der Waals surface area contributed by atoms with Crippen molar-refractivity contribution in [1.82, 2.24) is 0 Å². The fraction of sp³-hybridized carbons (Fsp3) is 0.167. The van der Waals surface area contributed by atoms with E-state index in [1.165, 1.54) is 11.8 Å². The summed E-state index contributed by atoms with van der Waals surface area (Å²) in [6.07, 6.45) is 1.75. The van der Waals surface area contributed by atoms with Crippen LogP contribution >= 0.6 is 11.8 Å². The van der Waals surface area contributed by atoms with Gasteiger partial charge in [0.15, 0.2) is 0 Å². The number of thioether (sulfide) groups is 1. The molecule has 0 aliphatic rings. The smallest absolute Gasteiger partial charge is 0.262 e. The summed E-state index contributed by atoms with van der Waals surface area (Å²) in [7, 11) is 1.56. The van der Waals surface area contributed by atoms with Crippen LogP contribution in [0.4, 0.5) is 5.69 Å². The Kier molecular flexibility index (Phi) is 5.08. The van der Waals surface area contributed by atoms with Crippen molar-refractivity contribution in [3.8, 4) is 11.8 Å². The van der Waals surface area contributed by atoms with Gasteiger partial charge in [0.05, 0.1) is 12.1 Å². The number of hydrogen-bond acceptors (Lipinski definition) is 5. The Labute approximate surface area is 110 Å². The summed E-state index contributed by atoms with van der Waals surface area (Å²) >= 11 is 1.24. The molecule has 0 heterocycles. The number of rotatable bonds is 5. The molecule has 1 aromatic carbocycles. The van der Waals surface area contributed by atoms with Gasteiger partial charge in [-0.05, 0) is 18.4 Å². The minimum absolute atomic E-state index is 0.0923. The number of nitrogens with zero attached hydrogens (tertiary/aromatic N) is 1. The van der Waals surface area contributed by atoms with Crippen LogP contribution in [0.15, 0.2) is 34.9 Å². The number of nitriles is 1. The molecule has 18 heavy (non-hydrogen) atoms. The van der Waals surface area contributed by atoms with Gasteiger partial charge in [-0.15, -0.1) is 11.8 Å². The van der Waals surface area contributed by atoms with E-state index in [0.717, 1.165) is 0 Å². The second-order valence-corrected chi connectivity index (χ2v) is 4.06. The maximum Gasteiger partial charge on any atom is 0.262 e. The van der Waals surface area contributed by atoms with Gasteiger partial charge in [0.2, 0.25) is 0 Å². The van der Waals surface area contributed by atoms with E-state index >= 15 is 0 Å². The average Bonchev–Trinajstić information content (AvgIpc) is 2.38. The number of methoxy groups -OCH3 is 1. The zero-order chi connectivity index (χ0) is 13.5. The molecule has 0 aliphatic heterocycles. The number of primary amides is 1. The van der Waals surface area contributed by atoms with Crippen LogP contribution in [0, 0.1) is 11.3 Å². The van der Waals surface area contributed by atoms with E-state index in [2.05, 4.69) is 5.32 Å². The van der Waals surface area contributed by atoms with Gasteiger partial charge in [-0.25, -0.2) is 0 Å². The van der Waals surface area contributed by atoms with Crippen molar-refractivity contribution < 1.29 is 9.53 Å². The summed E-state index contributed by atoms with van der Waals surface area (Å²) in [6, 6.07) is 8.95. The standard InChI is InChI=1S/C12H13N3O2S/c1-17-9-5-3-4-8(6-9)15-12(18-2)10(7-13)11(14)16/h3-6,15H,1-2H3,(H2,14,16). The van der Waals surface area contributed by atoms with Gasteiger partial charge in [-0.3, -0.25) is 4.79 Å². The summed E-state index contributed by atoms with van der Waals surface area (Å²) in [6.45, 7) is 0. The third-order valence-electron chi connectivity index (χ3n) is 2.12. The van der Waals surface area contributed by atoms with E-state index in [0.29, 0.717) is 16.5 Å². The highest BCUT2D eigenvalue weighted by molar-refractivity contribution is 8.02. The molecule has 0 spiro atoms. The fourth-order valence-corrected chi connectivity index (χ4v) is 1.84. The van der Waals surface area contributed by atoms with Crippen molar-refractivity contribution in [3.05, 3.63) is 34.9 Å². The molecule has 0 aliphatic carbocycles. The Hall–Kier alpha value is -2.13. The number of ether oxygens (including phenoxy) is 1. The number of carbonyl (C=O) groups excluding carboxylic acids is 1. The van der Waals surface area contributed by atoms with Crippen LogP contribution in [0.25, 0.3) is 0 Å². The van der Waals surface area contributed by atoms with Gasteiger partial charge in [0.1, 0.15) is 17.4 Å². The summed E-state index contributed by atoms with van der Waals surface area (Å²) in [5.41, 5.74) is 5.76. The third kappa shape index (κ3) is 3.43. The molecule has 5 nitrogen and oxygen atoms in total. The maximum absolute atomic E-state index is 11.1. The number of nitrogens with one attached hydrogen (secondary N) is 1. The Bertz CT molecular complexity index is 520. The topological polar surface area (TPSA) is 88.1 Å². The van der Waals surface area contributed by atoms with E-state index in [4.69, 9.17) is 15.7 Å². The predicted molar refractivity (Wildman–Crippen MR) is 72.0 cm³/mol. The van der Waals surface area contributed by atoms with E-state index in [9.17, 15) is 4.79 Å².